The Kier molecular flexibility index (Phi) is 5.39. The predicted molar refractivity (Wildman–Crippen MR) is 77.0 cm³/mol. The van der Waals surface area contributed by atoms with Gasteiger partial charge in [-0.25, -0.2) is 0 Å². The van der Waals surface area contributed by atoms with Crippen molar-refractivity contribution in [2.24, 2.45) is 5.73 Å². The van der Waals surface area contributed by atoms with E-state index in [0.717, 1.165) is 18.4 Å². The maximum atomic E-state index is 11.3. The Hall–Kier alpha value is -2.28. The zero-order chi connectivity index (χ0) is 15.1. The smallest absolute Gasteiger partial charge is 0.249 e. The highest BCUT2D eigenvalue weighted by molar-refractivity contribution is 5.73. The van der Waals surface area contributed by atoms with Crippen LogP contribution in [0.1, 0.15) is 38.1 Å². The predicted octanol–water partition coefficient (Wildman–Crippen LogP) is 1.44. The number of pyridine rings is 1. The molecule has 2 aromatic heterocycles. The molecule has 2 aromatic rings. The average molecular weight is 289 g/mol. The maximum Gasteiger partial charge on any atom is 0.249 e. The van der Waals surface area contributed by atoms with E-state index < -0.39 is 0 Å². The maximum absolute atomic E-state index is 11.3. The van der Waals surface area contributed by atoms with Gasteiger partial charge in [0.15, 0.2) is 0 Å². The molecule has 0 radical (unpaired) electrons. The number of nitrogens with one attached hydrogen (secondary N) is 1. The molecule has 21 heavy (non-hydrogen) atoms. The number of unbranched alkanes of at least 4 members (excludes halogenated alkanes) is 1. The molecule has 112 valence electrons. The first kappa shape index (κ1) is 15.1. The SMILES string of the molecule is CC(=O)NC(CCCCN)c1nnc(-c2cccnc2)o1. The first-order valence-electron chi connectivity index (χ1n) is 6.91. The van der Waals surface area contributed by atoms with Gasteiger partial charge in [0, 0.05) is 19.3 Å². The molecule has 7 heteroatoms. The Morgan fingerprint density at radius 3 is 2.95 bits per heavy atom. The molecule has 0 aromatic carbocycles. The third-order valence-corrected chi connectivity index (χ3v) is 2.97. The van der Waals surface area contributed by atoms with E-state index in [1.807, 2.05) is 6.07 Å². The Bertz CT molecular complexity index is 570. The second kappa shape index (κ2) is 7.49. The van der Waals surface area contributed by atoms with Crippen LogP contribution in [-0.2, 0) is 4.79 Å². The first-order chi connectivity index (χ1) is 10.2. The minimum atomic E-state index is -0.285. The van der Waals surface area contributed by atoms with Gasteiger partial charge in [-0.2, -0.15) is 0 Å². The van der Waals surface area contributed by atoms with Gasteiger partial charge < -0.3 is 15.5 Å². The largest absolute Gasteiger partial charge is 0.418 e. The number of nitrogens with two attached hydrogens (primary N) is 1. The molecule has 0 saturated carbocycles. The van der Waals surface area contributed by atoms with E-state index in [2.05, 4.69) is 20.5 Å². The molecule has 1 atom stereocenters. The number of amides is 1. The third kappa shape index (κ3) is 4.35. The van der Waals surface area contributed by atoms with Gasteiger partial charge in [0.1, 0.15) is 6.04 Å². The summed E-state index contributed by atoms with van der Waals surface area (Å²) in [6.45, 7) is 2.09. The van der Waals surface area contributed by atoms with Crippen molar-refractivity contribution in [3.63, 3.8) is 0 Å². The van der Waals surface area contributed by atoms with Crippen molar-refractivity contribution in [3.8, 4) is 11.5 Å². The minimum absolute atomic E-state index is 0.131. The zero-order valence-corrected chi connectivity index (χ0v) is 12.0. The van der Waals surface area contributed by atoms with Crippen molar-refractivity contribution in [2.45, 2.75) is 32.2 Å². The molecule has 0 aliphatic rings. The topological polar surface area (TPSA) is 107 Å². The van der Waals surface area contributed by atoms with Gasteiger partial charge in [0.2, 0.25) is 17.7 Å². The lowest BCUT2D eigenvalue weighted by molar-refractivity contribution is -0.119. The van der Waals surface area contributed by atoms with Gasteiger partial charge in [-0.15, -0.1) is 10.2 Å². The number of carbonyl (C=O) groups excluding carboxylic acids is 1. The van der Waals surface area contributed by atoms with Gasteiger partial charge in [-0.3, -0.25) is 9.78 Å². The van der Waals surface area contributed by atoms with E-state index >= 15 is 0 Å². The van der Waals surface area contributed by atoms with E-state index in [0.29, 0.717) is 24.7 Å². The second-order valence-electron chi connectivity index (χ2n) is 4.72. The van der Waals surface area contributed by atoms with E-state index in [1.54, 1.807) is 18.5 Å². The molecule has 1 unspecified atom stereocenters. The monoisotopic (exact) mass is 289 g/mol. The average Bonchev–Trinajstić information content (AvgIpc) is 2.97. The summed E-state index contributed by atoms with van der Waals surface area (Å²) in [7, 11) is 0. The molecular formula is C14H19N5O2. The van der Waals surface area contributed by atoms with Crippen molar-refractivity contribution in [2.75, 3.05) is 6.54 Å². The summed E-state index contributed by atoms with van der Waals surface area (Å²) < 4.78 is 5.66. The summed E-state index contributed by atoms with van der Waals surface area (Å²) in [6.07, 6.45) is 5.81. The van der Waals surface area contributed by atoms with Crippen molar-refractivity contribution in [1.29, 1.82) is 0 Å². The van der Waals surface area contributed by atoms with Gasteiger partial charge >= 0.3 is 0 Å². The van der Waals surface area contributed by atoms with Crippen molar-refractivity contribution in [3.05, 3.63) is 30.4 Å². The minimum Gasteiger partial charge on any atom is -0.418 e. The number of rotatable bonds is 7. The third-order valence-electron chi connectivity index (χ3n) is 2.97. The van der Waals surface area contributed by atoms with Crippen LogP contribution in [-0.4, -0.2) is 27.6 Å². The van der Waals surface area contributed by atoms with Crippen LogP contribution in [0.5, 0.6) is 0 Å². The lowest BCUT2D eigenvalue weighted by atomic mass is 10.1. The molecule has 7 nitrogen and oxygen atoms in total. The molecular weight excluding hydrogens is 270 g/mol. The van der Waals surface area contributed by atoms with Crippen LogP contribution in [0.2, 0.25) is 0 Å². The van der Waals surface area contributed by atoms with Gasteiger partial charge in [-0.05, 0) is 37.9 Å². The first-order valence-corrected chi connectivity index (χ1v) is 6.91. The van der Waals surface area contributed by atoms with Crippen LogP contribution >= 0.6 is 0 Å². The van der Waals surface area contributed by atoms with Crippen LogP contribution in [0, 0.1) is 0 Å². The highest BCUT2D eigenvalue weighted by Crippen LogP contribution is 2.22. The number of carbonyl (C=O) groups is 1. The lowest BCUT2D eigenvalue weighted by Crippen LogP contribution is -2.26. The van der Waals surface area contributed by atoms with Crippen molar-refractivity contribution >= 4 is 5.91 Å². The summed E-state index contributed by atoms with van der Waals surface area (Å²) in [5.41, 5.74) is 6.24. The Balaban J connectivity index is 2.12. The fourth-order valence-electron chi connectivity index (χ4n) is 1.98. The summed E-state index contributed by atoms with van der Waals surface area (Å²) in [5, 5.41) is 10.9. The molecule has 0 aliphatic carbocycles. The summed E-state index contributed by atoms with van der Waals surface area (Å²) >= 11 is 0. The van der Waals surface area contributed by atoms with Crippen LogP contribution in [0.4, 0.5) is 0 Å². The standard InChI is InChI=1S/C14H19N5O2/c1-10(20)17-12(6-2-3-7-15)14-19-18-13(21-14)11-5-4-8-16-9-11/h4-5,8-9,12H,2-3,6-7,15H2,1H3,(H,17,20). The number of hydrogen-bond acceptors (Lipinski definition) is 6. The quantitative estimate of drug-likeness (QED) is 0.747. The molecule has 3 N–H and O–H groups in total. The molecule has 0 saturated heterocycles. The highest BCUT2D eigenvalue weighted by atomic mass is 16.4. The fourth-order valence-corrected chi connectivity index (χ4v) is 1.98. The van der Waals surface area contributed by atoms with E-state index in [4.69, 9.17) is 10.2 Å². The molecule has 1 amide bonds. The van der Waals surface area contributed by atoms with Crippen LogP contribution < -0.4 is 11.1 Å². The van der Waals surface area contributed by atoms with E-state index in [1.165, 1.54) is 6.92 Å². The fraction of sp³-hybridized carbons (Fsp3) is 0.429. The normalized spacial score (nSPS) is 12.1. The number of aromatic nitrogens is 3. The summed E-state index contributed by atoms with van der Waals surface area (Å²) in [6, 6.07) is 3.35. The van der Waals surface area contributed by atoms with Crippen LogP contribution in [0.3, 0.4) is 0 Å². The van der Waals surface area contributed by atoms with Gasteiger partial charge in [0.25, 0.3) is 0 Å². The van der Waals surface area contributed by atoms with Gasteiger partial charge in [-0.1, -0.05) is 0 Å². The van der Waals surface area contributed by atoms with Gasteiger partial charge in [0.05, 0.1) is 5.56 Å². The van der Waals surface area contributed by atoms with E-state index in [9.17, 15) is 4.79 Å². The summed E-state index contributed by atoms with van der Waals surface area (Å²) in [4.78, 5) is 15.3. The number of hydrogen-bond donors (Lipinski definition) is 2. The van der Waals surface area contributed by atoms with Crippen LogP contribution in [0.15, 0.2) is 28.9 Å². The van der Waals surface area contributed by atoms with Crippen molar-refractivity contribution in [1.82, 2.24) is 20.5 Å². The number of nitrogens with zero attached hydrogens (tertiary/aromatic N) is 3. The highest BCUT2D eigenvalue weighted by Gasteiger charge is 2.19. The molecule has 0 bridgehead atoms. The Morgan fingerprint density at radius 1 is 1.43 bits per heavy atom. The molecule has 2 rings (SSSR count). The molecule has 0 spiro atoms. The lowest BCUT2D eigenvalue weighted by Gasteiger charge is -2.13. The zero-order valence-electron chi connectivity index (χ0n) is 12.0. The van der Waals surface area contributed by atoms with Crippen LogP contribution in [0.25, 0.3) is 11.5 Å². The Labute approximate surface area is 123 Å². The summed E-state index contributed by atoms with van der Waals surface area (Å²) in [5.74, 6) is 0.669. The molecule has 0 fully saturated rings. The van der Waals surface area contributed by atoms with Crippen molar-refractivity contribution < 1.29 is 9.21 Å². The van der Waals surface area contributed by atoms with E-state index in [-0.39, 0.29) is 11.9 Å². The second-order valence-corrected chi connectivity index (χ2v) is 4.72. The molecule has 0 aliphatic heterocycles. The Morgan fingerprint density at radius 2 is 2.29 bits per heavy atom. The molecule has 2 heterocycles.